The summed E-state index contributed by atoms with van der Waals surface area (Å²) in [4.78, 5) is 18.4. The molecule has 0 bridgehead atoms. The normalized spacial score (nSPS) is 17.2. The quantitative estimate of drug-likeness (QED) is 0.309. The third-order valence-electron chi connectivity index (χ3n) is 8.20. The van der Waals surface area contributed by atoms with Gasteiger partial charge in [-0.1, -0.05) is 96.6 Å². The molecule has 4 aromatic carbocycles. The summed E-state index contributed by atoms with van der Waals surface area (Å²) in [7, 11) is 0. The number of aryl methyl sites for hydroxylation is 1. The third-order valence-corrected chi connectivity index (χ3v) is 8.20. The van der Waals surface area contributed by atoms with E-state index in [0.717, 1.165) is 25.8 Å². The minimum Gasteiger partial charge on any atom is -0.333 e. The number of nitrogens with zero attached hydrogens (tertiary/aromatic N) is 2. The molecule has 4 aromatic rings. The van der Waals surface area contributed by atoms with Crippen molar-refractivity contribution >= 4 is 5.91 Å². The lowest BCUT2D eigenvalue weighted by atomic mass is 9.88. The summed E-state index contributed by atoms with van der Waals surface area (Å²) in [5, 5.41) is 0. The Kier molecular flexibility index (Phi) is 6.82. The van der Waals surface area contributed by atoms with Crippen LogP contribution in [-0.2, 0) is 30.6 Å². The van der Waals surface area contributed by atoms with Gasteiger partial charge in [0, 0.05) is 24.7 Å². The lowest BCUT2D eigenvalue weighted by molar-refractivity contribution is -0.136. The zero-order valence-corrected chi connectivity index (χ0v) is 21.8. The molecule has 0 saturated heterocycles. The molecule has 1 aliphatic heterocycles. The van der Waals surface area contributed by atoms with Crippen LogP contribution in [0.15, 0.2) is 97.1 Å². The van der Waals surface area contributed by atoms with Gasteiger partial charge in [-0.2, -0.15) is 0 Å². The van der Waals surface area contributed by atoms with Crippen LogP contribution in [0.4, 0.5) is 4.39 Å². The maximum atomic E-state index is 14.8. The van der Waals surface area contributed by atoms with Gasteiger partial charge in [-0.3, -0.25) is 9.69 Å². The molecule has 38 heavy (non-hydrogen) atoms. The van der Waals surface area contributed by atoms with Gasteiger partial charge in [-0.15, -0.1) is 0 Å². The summed E-state index contributed by atoms with van der Waals surface area (Å²) in [6.45, 7) is 3.48. The Morgan fingerprint density at radius 3 is 2.18 bits per heavy atom. The molecule has 1 unspecified atom stereocenters. The second-order valence-electron chi connectivity index (χ2n) is 10.7. The Balaban J connectivity index is 1.31. The van der Waals surface area contributed by atoms with Gasteiger partial charge in [0.1, 0.15) is 5.82 Å². The van der Waals surface area contributed by atoms with E-state index in [0.29, 0.717) is 12.1 Å². The Labute approximate surface area is 224 Å². The standard InChI is InChI=1S/C34H33FN2O/c1-24-14-16-26(17-15-24)34-31-12-6-4-8-25(31)18-19-36(34)23-33(38)37(22-29-11-5-7-13-32(29)35)30-20-27-9-2-3-10-28(27)21-30/h2-17,30,34H,18-23H2,1H3. The van der Waals surface area contributed by atoms with Gasteiger partial charge in [0.2, 0.25) is 5.91 Å². The first kappa shape index (κ1) is 24.6. The van der Waals surface area contributed by atoms with Crippen molar-refractivity contribution in [3.63, 3.8) is 0 Å². The highest BCUT2D eigenvalue weighted by Gasteiger charge is 2.34. The van der Waals surface area contributed by atoms with Crippen LogP contribution in [0.5, 0.6) is 0 Å². The van der Waals surface area contributed by atoms with Crippen LogP contribution in [0.1, 0.15) is 45.0 Å². The maximum Gasteiger partial charge on any atom is 0.237 e. The molecule has 6 rings (SSSR count). The number of hydrogen-bond acceptors (Lipinski definition) is 2. The predicted octanol–water partition coefficient (Wildman–Crippen LogP) is 6.28. The average molecular weight is 505 g/mol. The minimum absolute atomic E-state index is 0.0144. The summed E-state index contributed by atoms with van der Waals surface area (Å²) in [6, 6.07) is 32.5. The molecule has 0 aromatic heterocycles. The minimum atomic E-state index is -0.259. The van der Waals surface area contributed by atoms with Crippen molar-refractivity contribution in [1.82, 2.24) is 9.80 Å². The highest BCUT2D eigenvalue weighted by atomic mass is 19.1. The van der Waals surface area contributed by atoms with Crippen LogP contribution in [-0.4, -0.2) is 34.8 Å². The van der Waals surface area contributed by atoms with Gasteiger partial charge in [-0.25, -0.2) is 4.39 Å². The van der Waals surface area contributed by atoms with Crippen molar-refractivity contribution in [2.75, 3.05) is 13.1 Å². The largest absolute Gasteiger partial charge is 0.333 e. The van der Waals surface area contributed by atoms with Gasteiger partial charge in [0.15, 0.2) is 0 Å². The Morgan fingerprint density at radius 2 is 1.47 bits per heavy atom. The van der Waals surface area contributed by atoms with E-state index in [4.69, 9.17) is 0 Å². The van der Waals surface area contributed by atoms with Crippen molar-refractivity contribution < 1.29 is 9.18 Å². The molecule has 0 saturated carbocycles. The number of amides is 1. The van der Waals surface area contributed by atoms with Crippen molar-refractivity contribution in [1.29, 1.82) is 0 Å². The van der Waals surface area contributed by atoms with E-state index in [2.05, 4.69) is 84.6 Å². The number of hydrogen-bond donors (Lipinski definition) is 0. The lowest BCUT2D eigenvalue weighted by Gasteiger charge is -2.39. The average Bonchev–Trinajstić information content (AvgIpc) is 3.37. The van der Waals surface area contributed by atoms with Gasteiger partial charge < -0.3 is 4.90 Å². The van der Waals surface area contributed by atoms with Crippen LogP contribution in [0.3, 0.4) is 0 Å². The fourth-order valence-electron chi connectivity index (χ4n) is 6.18. The highest BCUT2D eigenvalue weighted by Crippen LogP contribution is 2.36. The molecule has 0 fully saturated rings. The molecule has 1 amide bonds. The number of halogens is 1. The molecule has 1 aliphatic carbocycles. The summed E-state index contributed by atoms with van der Waals surface area (Å²) in [5.41, 5.74) is 8.17. The van der Waals surface area contributed by atoms with Gasteiger partial charge >= 0.3 is 0 Å². The van der Waals surface area contributed by atoms with Crippen molar-refractivity contribution in [3.8, 4) is 0 Å². The first-order chi connectivity index (χ1) is 18.6. The molecule has 0 N–H and O–H groups in total. The van der Waals surface area contributed by atoms with E-state index in [1.54, 1.807) is 12.1 Å². The van der Waals surface area contributed by atoms with Crippen LogP contribution < -0.4 is 0 Å². The lowest BCUT2D eigenvalue weighted by Crippen LogP contribution is -2.48. The topological polar surface area (TPSA) is 23.6 Å². The Morgan fingerprint density at radius 1 is 0.842 bits per heavy atom. The van der Waals surface area contributed by atoms with E-state index < -0.39 is 0 Å². The summed E-state index contributed by atoms with van der Waals surface area (Å²) in [6.07, 6.45) is 2.52. The molecule has 1 heterocycles. The Bertz CT molecular complexity index is 1420. The van der Waals surface area contributed by atoms with Crippen molar-refractivity contribution in [3.05, 3.63) is 142 Å². The molecular weight excluding hydrogens is 471 g/mol. The number of fused-ring (bicyclic) bond motifs is 2. The molecule has 4 heteroatoms. The van der Waals surface area contributed by atoms with Crippen LogP contribution in [0.25, 0.3) is 0 Å². The molecule has 2 aliphatic rings. The van der Waals surface area contributed by atoms with Crippen LogP contribution in [0.2, 0.25) is 0 Å². The predicted molar refractivity (Wildman–Crippen MR) is 149 cm³/mol. The number of rotatable bonds is 6. The van der Waals surface area contributed by atoms with Gasteiger partial charge in [0.05, 0.1) is 12.6 Å². The number of carbonyl (C=O) groups is 1. The molecular formula is C34H33FN2O. The molecule has 192 valence electrons. The fraction of sp³-hybridized carbons (Fsp3) is 0.265. The first-order valence-corrected chi connectivity index (χ1v) is 13.5. The Hall–Kier alpha value is -3.76. The monoisotopic (exact) mass is 504 g/mol. The van der Waals surface area contributed by atoms with E-state index in [9.17, 15) is 9.18 Å². The van der Waals surface area contributed by atoms with E-state index in [-0.39, 0.29) is 30.4 Å². The summed E-state index contributed by atoms with van der Waals surface area (Å²) < 4.78 is 14.8. The van der Waals surface area contributed by atoms with Gasteiger partial charge in [0.25, 0.3) is 0 Å². The third kappa shape index (κ3) is 4.89. The molecule has 3 nitrogen and oxygen atoms in total. The maximum absolute atomic E-state index is 14.8. The highest BCUT2D eigenvalue weighted by molar-refractivity contribution is 5.79. The number of benzene rings is 4. The SMILES string of the molecule is Cc1ccc(C2c3ccccc3CCN2CC(=O)N(Cc2ccccc2F)C2Cc3ccccc3C2)cc1. The van der Waals surface area contributed by atoms with E-state index in [1.165, 1.54) is 39.4 Å². The smallest absolute Gasteiger partial charge is 0.237 e. The fourth-order valence-corrected chi connectivity index (χ4v) is 6.18. The molecule has 1 atom stereocenters. The van der Waals surface area contributed by atoms with Crippen LogP contribution >= 0.6 is 0 Å². The first-order valence-electron chi connectivity index (χ1n) is 13.5. The number of carbonyl (C=O) groups excluding carboxylic acids is 1. The summed E-state index contributed by atoms with van der Waals surface area (Å²) in [5.74, 6) is -0.201. The molecule has 0 spiro atoms. The summed E-state index contributed by atoms with van der Waals surface area (Å²) >= 11 is 0. The molecule has 0 radical (unpaired) electrons. The second-order valence-corrected chi connectivity index (χ2v) is 10.7. The van der Waals surface area contributed by atoms with E-state index >= 15 is 0 Å². The van der Waals surface area contributed by atoms with Gasteiger partial charge in [-0.05, 0) is 60.1 Å². The van der Waals surface area contributed by atoms with Crippen LogP contribution in [0, 0.1) is 12.7 Å². The van der Waals surface area contributed by atoms with Crippen molar-refractivity contribution in [2.45, 2.75) is 44.8 Å². The zero-order chi connectivity index (χ0) is 26.1. The van der Waals surface area contributed by atoms with E-state index in [1.807, 2.05) is 11.0 Å². The van der Waals surface area contributed by atoms with Crippen molar-refractivity contribution in [2.24, 2.45) is 0 Å². The second kappa shape index (κ2) is 10.5. The zero-order valence-electron chi connectivity index (χ0n) is 21.8.